The molecule has 0 saturated carbocycles. The summed E-state index contributed by atoms with van der Waals surface area (Å²) in [7, 11) is 2.01. The van der Waals surface area contributed by atoms with E-state index in [2.05, 4.69) is 50.4 Å². The summed E-state index contributed by atoms with van der Waals surface area (Å²) in [6.45, 7) is 7.23. The zero-order valence-electron chi connectivity index (χ0n) is 12.2. The topological polar surface area (TPSA) is 21.3 Å². The third-order valence-corrected chi connectivity index (χ3v) is 3.31. The minimum absolute atomic E-state index is 0.247. The van der Waals surface area contributed by atoms with Crippen LogP contribution < -0.4 is 5.32 Å². The molecule has 1 rings (SSSR count). The second kappa shape index (κ2) is 8.28. The molecule has 2 atom stereocenters. The molecule has 0 amide bonds. The summed E-state index contributed by atoms with van der Waals surface area (Å²) >= 11 is 0. The van der Waals surface area contributed by atoms with Gasteiger partial charge in [-0.25, -0.2) is 0 Å². The van der Waals surface area contributed by atoms with Gasteiger partial charge in [0.1, 0.15) is 0 Å². The number of nitrogens with one attached hydrogen (secondary N) is 1. The molecule has 18 heavy (non-hydrogen) atoms. The predicted octanol–water partition coefficient (Wildman–Crippen LogP) is 3.71. The molecule has 0 fully saturated rings. The van der Waals surface area contributed by atoms with Crippen LogP contribution in [-0.2, 0) is 11.2 Å². The quantitative estimate of drug-likeness (QED) is 0.758. The molecule has 2 nitrogen and oxygen atoms in total. The van der Waals surface area contributed by atoms with Gasteiger partial charge in [0.25, 0.3) is 0 Å². The number of likely N-dealkylation sites (N-methyl/N-ethyl adjacent to an activating group) is 1. The lowest BCUT2D eigenvalue weighted by Gasteiger charge is -2.26. The molecular formula is C16H27NO. The van der Waals surface area contributed by atoms with Gasteiger partial charge >= 0.3 is 0 Å². The fourth-order valence-corrected chi connectivity index (χ4v) is 2.46. The molecule has 0 bridgehead atoms. The van der Waals surface area contributed by atoms with Crippen molar-refractivity contribution in [2.45, 2.75) is 52.2 Å². The summed E-state index contributed by atoms with van der Waals surface area (Å²) in [5.74, 6) is 0. The van der Waals surface area contributed by atoms with Gasteiger partial charge in [0, 0.05) is 6.61 Å². The Bertz CT molecular complexity index is 338. The van der Waals surface area contributed by atoms with Crippen LogP contribution in [0.4, 0.5) is 0 Å². The van der Waals surface area contributed by atoms with E-state index in [-0.39, 0.29) is 12.1 Å². The minimum atomic E-state index is 0.247. The van der Waals surface area contributed by atoms with Crippen molar-refractivity contribution in [3.05, 3.63) is 35.4 Å². The van der Waals surface area contributed by atoms with Crippen molar-refractivity contribution >= 4 is 0 Å². The lowest BCUT2D eigenvalue weighted by molar-refractivity contribution is 0.0334. The number of aryl methyl sites for hydroxylation is 1. The average Bonchev–Trinajstić information content (AvgIpc) is 2.39. The van der Waals surface area contributed by atoms with E-state index in [1.54, 1.807) is 0 Å². The Balaban J connectivity index is 2.89. The van der Waals surface area contributed by atoms with Gasteiger partial charge in [-0.2, -0.15) is 0 Å². The Morgan fingerprint density at radius 1 is 1.22 bits per heavy atom. The molecular weight excluding hydrogens is 222 g/mol. The molecule has 0 aliphatic heterocycles. The molecule has 2 heteroatoms. The number of hydrogen-bond donors (Lipinski definition) is 1. The first-order chi connectivity index (χ1) is 8.76. The molecule has 0 heterocycles. The van der Waals surface area contributed by atoms with Crippen LogP contribution in [0.25, 0.3) is 0 Å². The van der Waals surface area contributed by atoms with E-state index in [0.717, 1.165) is 19.4 Å². The smallest absolute Gasteiger partial charge is 0.0766 e. The zero-order chi connectivity index (χ0) is 13.4. The predicted molar refractivity (Wildman–Crippen MR) is 77.9 cm³/mol. The maximum absolute atomic E-state index is 5.84. The van der Waals surface area contributed by atoms with Gasteiger partial charge in [0.15, 0.2) is 0 Å². The first-order valence-corrected chi connectivity index (χ1v) is 7.14. The van der Waals surface area contributed by atoms with E-state index >= 15 is 0 Å². The monoisotopic (exact) mass is 249 g/mol. The van der Waals surface area contributed by atoms with Crippen LogP contribution in [0, 0.1) is 0 Å². The highest BCUT2D eigenvalue weighted by Gasteiger charge is 2.20. The van der Waals surface area contributed by atoms with E-state index in [4.69, 9.17) is 4.74 Å². The number of rotatable bonds is 8. The van der Waals surface area contributed by atoms with Crippen molar-refractivity contribution in [2.24, 2.45) is 0 Å². The highest BCUT2D eigenvalue weighted by Crippen LogP contribution is 2.22. The average molecular weight is 249 g/mol. The Morgan fingerprint density at radius 2 is 2.00 bits per heavy atom. The molecule has 0 radical (unpaired) electrons. The Kier molecular flexibility index (Phi) is 6.99. The molecule has 1 N–H and O–H groups in total. The lowest BCUT2D eigenvalue weighted by Crippen LogP contribution is -2.31. The van der Waals surface area contributed by atoms with Crippen LogP contribution in [0.15, 0.2) is 24.3 Å². The summed E-state index contributed by atoms with van der Waals surface area (Å²) in [6.07, 6.45) is 3.61. The first-order valence-electron chi connectivity index (χ1n) is 7.14. The largest absolute Gasteiger partial charge is 0.377 e. The van der Waals surface area contributed by atoms with Gasteiger partial charge in [0.2, 0.25) is 0 Å². The second-order valence-electron chi connectivity index (χ2n) is 4.66. The van der Waals surface area contributed by atoms with Crippen LogP contribution in [0.5, 0.6) is 0 Å². The Labute approximate surface area is 112 Å². The van der Waals surface area contributed by atoms with Gasteiger partial charge in [0.05, 0.1) is 12.1 Å². The van der Waals surface area contributed by atoms with Crippen molar-refractivity contribution in [1.29, 1.82) is 0 Å². The van der Waals surface area contributed by atoms with Gasteiger partial charge < -0.3 is 10.1 Å². The molecule has 102 valence electrons. The number of ether oxygens (including phenoxy) is 1. The summed E-state index contributed by atoms with van der Waals surface area (Å²) in [5, 5.41) is 3.40. The summed E-state index contributed by atoms with van der Waals surface area (Å²) in [4.78, 5) is 0. The molecule has 0 aliphatic rings. The van der Waals surface area contributed by atoms with Gasteiger partial charge in [-0.3, -0.25) is 0 Å². The van der Waals surface area contributed by atoms with Crippen LogP contribution in [0.2, 0.25) is 0 Å². The van der Waals surface area contributed by atoms with Crippen molar-refractivity contribution < 1.29 is 4.74 Å². The fourth-order valence-electron chi connectivity index (χ4n) is 2.46. The molecule has 0 spiro atoms. The van der Waals surface area contributed by atoms with Gasteiger partial charge in [-0.15, -0.1) is 0 Å². The van der Waals surface area contributed by atoms with Crippen molar-refractivity contribution in [3.8, 4) is 0 Å². The molecule has 1 aromatic rings. The van der Waals surface area contributed by atoms with Crippen LogP contribution >= 0.6 is 0 Å². The molecule has 0 saturated heterocycles. The van der Waals surface area contributed by atoms with E-state index < -0.39 is 0 Å². The Hall–Kier alpha value is -0.860. The SMILES string of the molecule is CCCc1cccc(C(NC)C(CC)OCC)c1. The zero-order valence-corrected chi connectivity index (χ0v) is 12.2. The van der Waals surface area contributed by atoms with Crippen LogP contribution in [0.1, 0.15) is 50.8 Å². The fraction of sp³-hybridized carbons (Fsp3) is 0.625. The molecule has 0 aliphatic carbocycles. The van der Waals surface area contributed by atoms with E-state index in [9.17, 15) is 0 Å². The van der Waals surface area contributed by atoms with E-state index in [0.29, 0.717) is 0 Å². The highest BCUT2D eigenvalue weighted by molar-refractivity contribution is 5.27. The second-order valence-corrected chi connectivity index (χ2v) is 4.66. The van der Waals surface area contributed by atoms with Crippen molar-refractivity contribution in [3.63, 3.8) is 0 Å². The molecule has 2 unspecified atom stereocenters. The minimum Gasteiger partial charge on any atom is -0.377 e. The van der Waals surface area contributed by atoms with Crippen molar-refractivity contribution in [1.82, 2.24) is 5.32 Å². The maximum Gasteiger partial charge on any atom is 0.0766 e. The van der Waals surface area contributed by atoms with Gasteiger partial charge in [-0.05, 0) is 37.9 Å². The van der Waals surface area contributed by atoms with Crippen molar-refractivity contribution in [2.75, 3.05) is 13.7 Å². The van der Waals surface area contributed by atoms with E-state index in [1.807, 2.05) is 7.05 Å². The molecule has 1 aromatic carbocycles. The highest BCUT2D eigenvalue weighted by atomic mass is 16.5. The maximum atomic E-state index is 5.84. The number of benzene rings is 1. The van der Waals surface area contributed by atoms with Crippen LogP contribution in [-0.4, -0.2) is 19.8 Å². The standard InChI is InChI=1S/C16H27NO/c1-5-9-13-10-8-11-14(12-13)16(17-4)15(6-2)18-7-3/h8,10-12,15-17H,5-7,9H2,1-4H3. The summed E-state index contributed by atoms with van der Waals surface area (Å²) in [6, 6.07) is 9.16. The third-order valence-electron chi connectivity index (χ3n) is 3.31. The summed E-state index contributed by atoms with van der Waals surface area (Å²) in [5.41, 5.74) is 2.75. The van der Waals surface area contributed by atoms with E-state index in [1.165, 1.54) is 17.5 Å². The number of hydrogen-bond acceptors (Lipinski definition) is 2. The first kappa shape index (κ1) is 15.2. The third kappa shape index (κ3) is 4.11. The Morgan fingerprint density at radius 3 is 2.56 bits per heavy atom. The van der Waals surface area contributed by atoms with Gasteiger partial charge in [-0.1, -0.05) is 44.5 Å². The molecule has 0 aromatic heterocycles. The van der Waals surface area contributed by atoms with Crippen LogP contribution in [0.3, 0.4) is 0 Å². The normalized spacial score (nSPS) is 14.4. The lowest BCUT2D eigenvalue weighted by atomic mass is 9.96. The summed E-state index contributed by atoms with van der Waals surface area (Å²) < 4.78 is 5.84.